The lowest BCUT2D eigenvalue weighted by Crippen LogP contribution is -2.30. The van der Waals surface area contributed by atoms with Gasteiger partial charge in [0, 0.05) is 0 Å². The van der Waals surface area contributed by atoms with E-state index in [-0.39, 0.29) is 5.75 Å². The molecular formula is C22H21NO4S. The van der Waals surface area contributed by atoms with Crippen molar-refractivity contribution in [3.05, 3.63) is 107 Å². The molecule has 0 atom stereocenters. The molecule has 3 rings (SSSR count). The average Bonchev–Trinajstić information content (AvgIpc) is 2.73. The van der Waals surface area contributed by atoms with Gasteiger partial charge >= 0.3 is 5.97 Å². The van der Waals surface area contributed by atoms with Crippen LogP contribution >= 0.6 is 0 Å². The zero-order chi connectivity index (χ0) is 20.0. The fraction of sp³-hybridized carbons (Fsp3) is 0.136. The van der Waals surface area contributed by atoms with Gasteiger partial charge in [-0.1, -0.05) is 72.8 Å². The number of hydrogen-bond donors (Lipinski definition) is 1. The normalized spacial score (nSPS) is 11.4. The molecule has 1 N–H and O–H groups in total. The minimum Gasteiger partial charge on any atom is -0.465 e. The predicted octanol–water partition coefficient (Wildman–Crippen LogP) is 3.68. The largest absolute Gasteiger partial charge is 0.465 e. The molecule has 0 aliphatic heterocycles. The summed E-state index contributed by atoms with van der Waals surface area (Å²) >= 11 is 0. The van der Waals surface area contributed by atoms with Gasteiger partial charge in [0.25, 0.3) is 0 Å². The molecule has 0 saturated carbocycles. The second-order valence-electron chi connectivity index (χ2n) is 6.32. The summed E-state index contributed by atoms with van der Waals surface area (Å²) in [4.78, 5) is 11.5. The number of hydrogen-bond acceptors (Lipinski definition) is 4. The fourth-order valence-corrected chi connectivity index (χ4v) is 4.26. The molecule has 0 amide bonds. The van der Waals surface area contributed by atoms with Crippen molar-refractivity contribution in [3.63, 3.8) is 0 Å². The molecule has 0 heterocycles. The lowest BCUT2D eigenvalue weighted by molar-refractivity contribution is 0.0600. The van der Waals surface area contributed by atoms with E-state index < -0.39 is 22.0 Å². The monoisotopic (exact) mass is 395 g/mol. The molecule has 0 saturated heterocycles. The molecule has 3 aromatic carbocycles. The van der Waals surface area contributed by atoms with Crippen molar-refractivity contribution in [2.45, 2.75) is 11.8 Å². The van der Waals surface area contributed by atoms with E-state index in [0.29, 0.717) is 11.1 Å². The van der Waals surface area contributed by atoms with Crippen molar-refractivity contribution in [1.82, 2.24) is 4.72 Å². The summed E-state index contributed by atoms with van der Waals surface area (Å²) in [6.07, 6.45) is 0. The van der Waals surface area contributed by atoms with Gasteiger partial charge in [0.1, 0.15) is 0 Å². The average molecular weight is 395 g/mol. The number of sulfonamides is 1. The highest BCUT2D eigenvalue weighted by molar-refractivity contribution is 7.88. The Morgan fingerprint density at radius 2 is 1.36 bits per heavy atom. The first-order valence-corrected chi connectivity index (χ1v) is 10.4. The van der Waals surface area contributed by atoms with E-state index in [1.165, 1.54) is 7.11 Å². The van der Waals surface area contributed by atoms with E-state index in [9.17, 15) is 13.2 Å². The Labute approximate surface area is 165 Å². The predicted molar refractivity (Wildman–Crippen MR) is 108 cm³/mol. The van der Waals surface area contributed by atoms with E-state index in [0.717, 1.165) is 11.1 Å². The Bertz CT molecular complexity index is 978. The lowest BCUT2D eigenvalue weighted by atomic mass is 10.00. The number of ether oxygens (including phenoxy) is 1. The van der Waals surface area contributed by atoms with Crippen molar-refractivity contribution in [2.24, 2.45) is 0 Å². The van der Waals surface area contributed by atoms with Crippen LogP contribution in [0.15, 0.2) is 84.9 Å². The number of esters is 1. The third-order valence-corrected chi connectivity index (χ3v) is 5.60. The SMILES string of the molecule is COC(=O)c1ccc(CS(=O)(=O)NC(c2ccccc2)c2ccccc2)cc1. The highest BCUT2D eigenvalue weighted by Crippen LogP contribution is 2.23. The van der Waals surface area contributed by atoms with Gasteiger partial charge < -0.3 is 4.74 Å². The Morgan fingerprint density at radius 3 is 1.82 bits per heavy atom. The minimum absolute atomic E-state index is 0.190. The van der Waals surface area contributed by atoms with E-state index in [4.69, 9.17) is 0 Å². The number of nitrogens with one attached hydrogen (secondary N) is 1. The quantitative estimate of drug-likeness (QED) is 0.620. The van der Waals surface area contributed by atoms with Crippen LogP contribution in [-0.4, -0.2) is 21.5 Å². The molecular weight excluding hydrogens is 374 g/mol. The highest BCUT2D eigenvalue weighted by Gasteiger charge is 2.21. The number of rotatable bonds is 7. The number of benzene rings is 3. The first-order chi connectivity index (χ1) is 13.5. The van der Waals surface area contributed by atoms with Gasteiger partial charge in [0.15, 0.2) is 0 Å². The third kappa shape index (κ3) is 5.06. The molecule has 0 spiro atoms. The molecule has 6 heteroatoms. The summed E-state index contributed by atoms with van der Waals surface area (Å²) in [5.74, 6) is -0.647. The Kier molecular flexibility index (Phi) is 6.23. The van der Waals surface area contributed by atoms with E-state index >= 15 is 0 Å². The van der Waals surface area contributed by atoms with E-state index in [1.54, 1.807) is 24.3 Å². The molecule has 0 fully saturated rings. The summed E-state index contributed by atoms with van der Waals surface area (Å²) in [6, 6.07) is 24.7. The van der Waals surface area contributed by atoms with Gasteiger partial charge in [-0.3, -0.25) is 0 Å². The molecule has 0 aliphatic rings. The van der Waals surface area contributed by atoms with Gasteiger partial charge in [-0.2, -0.15) is 0 Å². The minimum atomic E-state index is -3.63. The van der Waals surface area contributed by atoms with Crippen molar-refractivity contribution in [2.75, 3.05) is 7.11 Å². The molecule has 3 aromatic rings. The molecule has 144 valence electrons. The van der Waals surface area contributed by atoms with Crippen LogP contribution in [0.4, 0.5) is 0 Å². The molecule has 0 radical (unpaired) electrons. The van der Waals surface area contributed by atoms with E-state index in [2.05, 4.69) is 9.46 Å². The highest BCUT2D eigenvalue weighted by atomic mass is 32.2. The first kappa shape index (κ1) is 19.8. The third-order valence-electron chi connectivity index (χ3n) is 4.29. The maximum absolute atomic E-state index is 12.8. The standard InChI is InChI=1S/C22H21NO4S/c1-27-22(24)20-14-12-17(13-15-20)16-28(25,26)23-21(18-8-4-2-5-9-18)19-10-6-3-7-11-19/h2-15,21,23H,16H2,1H3. The number of carbonyl (C=O) groups is 1. The molecule has 28 heavy (non-hydrogen) atoms. The Balaban J connectivity index is 1.82. The van der Waals surface area contributed by atoms with Crippen LogP contribution in [0, 0.1) is 0 Å². The van der Waals surface area contributed by atoms with Crippen molar-refractivity contribution in [1.29, 1.82) is 0 Å². The summed E-state index contributed by atoms with van der Waals surface area (Å²) in [5, 5.41) is 0. The maximum Gasteiger partial charge on any atom is 0.337 e. The fourth-order valence-electron chi connectivity index (χ4n) is 2.92. The summed E-state index contributed by atoms with van der Waals surface area (Å²) in [7, 11) is -2.33. The Hall–Kier alpha value is -2.96. The second kappa shape index (κ2) is 8.82. The van der Waals surface area contributed by atoms with Gasteiger partial charge in [-0.25, -0.2) is 17.9 Å². The van der Waals surface area contributed by atoms with Crippen LogP contribution in [0.2, 0.25) is 0 Å². The van der Waals surface area contributed by atoms with Crippen LogP contribution in [0.1, 0.15) is 33.1 Å². The van der Waals surface area contributed by atoms with Crippen molar-refractivity contribution < 1.29 is 17.9 Å². The van der Waals surface area contributed by atoms with Gasteiger partial charge in [0.2, 0.25) is 10.0 Å². The Morgan fingerprint density at radius 1 is 0.857 bits per heavy atom. The van der Waals surface area contributed by atoms with Gasteiger partial charge in [-0.15, -0.1) is 0 Å². The van der Waals surface area contributed by atoms with Crippen LogP contribution in [-0.2, 0) is 20.5 Å². The number of carbonyl (C=O) groups excluding carboxylic acids is 1. The lowest BCUT2D eigenvalue weighted by Gasteiger charge is -2.20. The smallest absolute Gasteiger partial charge is 0.337 e. The van der Waals surface area contributed by atoms with Crippen LogP contribution < -0.4 is 4.72 Å². The van der Waals surface area contributed by atoms with Crippen LogP contribution in [0.3, 0.4) is 0 Å². The molecule has 0 aliphatic carbocycles. The molecule has 0 unspecified atom stereocenters. The summed E-state index contributed by atoms with van der Waals surface area (Å²) in [5.41, 5.74) is 2.68. The van der Waals surface area contributed by atoms with Crippen molar-refractivity contribution >= 4 is 16.0 Å². The first-order valence-electron chi connectivity index (χ1n) is 8.75. The van der Waals surface area contributed by atoms with Crippen molar-refractivity contribution in [3.8, 4) is 0 Å². The molecule has 0 bridgehead atoms. The molecule has 0 aromatic heterocycles. The zero-order valence-corrected chi connectivity index (χ0v) is 16.2. The second-order valence-corrected chi connectivity index (χ2v) is 8.07. The molecule has 5 nitrogen and oxygen atoms in total. The summed E-state index contributed by atoms with van der Waals surface area (Å²) in [6.45, 7) is 0. The van der Waals surface area contributed by atoms with Gasteiger partial charge in [-0.05, 0) is 28.8 Å². The number of methoxy groups -OCH3 is 1. The maximum atomic E-state index is 12.8. The van der Waals surface area contributed by atoms with E-state index in [1.807, 2.05) is 60.7 Å². The zero-order valence-electron chi connectivity index (χ0n) is 15.4. The topological polar surface area (TPSA) is 72.5 Å². The van der Waals surface area contributed by atoms with Crippen LogP contribution in [0.5, 0.6) is 0 Å². The van der Waals surface area contributed by atoms with Gasteiger partial charge in [0.05, 0.1) is 24.5 Å². The van der Waals surface area contributed by atoms with Crippen LogP contribution in [0.25, 0.3) is 0 Å². The summed E-state index contributed by atoms with van der Waals surface area (Å²) < 4.78 is 33.1.